The highest BCUT2D eigenvalue weighted by molar-refractivity contribution is 5.78. The second kappa shape index (κ2) is 18.8. The van der Waals surface area contributed by atoms with E-state index >= 15 is 0 Å². The molecule has 2 fully saturated rings. The fraction of sp³-hybridized carbons (Fsp3) is 0.333. The summed E-state index contributed by atoms with van der Waals surface area (Å²) in [6.45, 7) is -1.65. The van der Waals surface area contributed by atoms with Crippen LogP contribution in [0.1, 0.15) is 85.8 Å². The molecule has 6 aromatic carbocycles. The van der Waals surface area contributed by atoms with Crippen molar-refractivity contribution in [1.29, 1.82) is 0 Å². The third-order valence-electron chi connectivity index (χ3n) is 15.3. The first kappa shape index (κ1) is 49.9. The number of aliphatic hydroxyl groups is 8. The van der Waals surface area contributed by atoms with E-state index in [1.807, 2.05) is 0 Å². The van der Waals surface area contributed by atoms with Crippen molar-refractivity contribution >= 4 is 0 Å². The lowest BCUT2D eigenvalue weighted by atomic mass is 9.75. The summed E-state index contributed by atoms with van der Waals surface area (Å²) in [5.74, 6) is -9.57. The predicted molar refractivity (Wildman–Crippen MR) is 255 cm³/mol. The summed E-state index contributed by atoms with van der Waals surface area (Å²) in [6.07, 6.45) is -19.2. The first-order valence-electron chi connectivity index (χ1n) is 23.9. The normalized spacial score (nSPS) is 31.5. The zero-order chi connectivity index (χ0) is 53.0. The molecular formula is C54H52O21. The molecule has 3 heterocycles. The Morgan fingerprint density at radius 3 is 1.35 bits per heavy atom. The molecule has 5 aliphatic rings. The smallest absolute Gasteiger partial charge is 0.229 e. The van der Waals surface area contributed by atoms with Gasteiger partial charge in [0.05, 0.1) is 19.1 Å². The molecule has 0 aromatic heterocycles. The highest BCUT2D eigenvalue weighted by Crippen LogP contribution is 2.74. The number of fused-ring (bicyclic) bond motifs is 7. The van der Waals surface area contributed by atoms with E-state index in [0.717, 1.165) is 6.07 Å². The largest absolute Gasteiger partial charge is 0.508 e. The van der Waals surface area contributed by atoms with Crippen molar-refractivity contribution in [1.82, 2.24) is 0 Å². The van der Waals surface area contributed by atoms with E-state index in [1.165, 1.54) is 54.6 Å². The van der Waals surface area contributed by atoms with E-state index < -0.39 is 139 Å². The second-order valence-electron chi connectivity index (χ2n) is 19.5. The Balaban J connectivity index is 1.21. The molecule has 0 radical (unpaired) electrons. The molecule has 16 unspecified atom stereocenters. The van der Waals surface area contributed by atoms with Gasteiger partial charge in [-0.25, -0.2) is 0 Å². The Morgan fingerprint density at radius 2 is 0.853 bits per heavy atom. The summed E-state index contributed by atoms with van der Waals surface area (Å²) < 4.78 is 30.7. The topological polar surface area (TPSA) is 370 Å². The van der Waals surface area contributed by atoms with Crippen LogP contribution in [0.2, 0.25) is 0 Å². The molecule has 2 aliphatic carbocycles. The van der Waals surface area contributed by atoms with Crippen molar-refractivity contribution in [2.24, 2.45) is 0 Å². The standard InChI is InChI=1S/C54H52O21/c55-17-30-41(63)45(67)47(69)53(71-30)74-50-29(62)16-28-35-32(19-1-7-23(57)8-2-19)39-38(37(35)33(36(28)43(50)65)20-3-9-24(58)10-4-20)40-34(22-13-26(60)15-27(61)14-22)49(21-5-11-25(59)12-6-21)73-51(40)52(44(39)66)75-54-48(70)46(68)42(64)31(18-56)72-54/h1-16,30-35,37,41-42,45-49,53-70H,17-18H2. The van der Waals surface area contributed by atoms with Crippen LogP contribution in [0, 0.1) is 0 Å². The molecule has 2 saturated heterocycles. The van der Waals surface area contributed by atoms with E-state index in [9.17, 15) is 81.7 Å². The lowest BCUT2D eigenvalue weighted by molar-refractivity contribution is -0.277. The van der Waals surface area contributed by atoms with E-state index in [-0.39, 0.29) is 62.3 Å². The fourth-order valence-corrected chi connectivity index (χ4v) is 11.9. The van der Waals surface area contributed by atoms with Crippen LogP contribution in [0.25, 0.3) is 0 Å². The number of hydrogen-bond donors (Lipinski definition) is 16. The molecule has 16 atom stereocenters. The zero-order valence-electron chi connectivity index (χ0n) is 39.1. The van der Waals surface area contributed by atoms with Gasteiger partial charge in [0.2, 0.25) is 24.1 Å². The summed E-state index contributed by atoms with van der Waals surface area (Å²) >= 11 is 0. The molecule has 16 N–H and O–H groups in total. The molecule has 21 nitrogen and oxygen atoms in total. The number of phenolic OH excluding ortho intramolecular Hbond substituents is 8. The number of aromatic hydroxyl groups is 8. The first-order chi connectivity index (χ1) is 35.9. The Kier molecular flexibility index (Phi) is 12.5. The zero-order valence-corrected chi connectivity index (χ0v) is 39.1. The maximum absolute atomic E-state index is 13.2. The third kappa shape index (κ3) is 8.02. The van der Waals surface area contributed by atoms with Crippen molar-refractivity contribution < 1.29 is 105 Å². The molecule has 394 valence electrons. The van der Waals surface area contributed by atoms with E-state index in [2.05, 4.69) is 0 Å². The van der Waals surface area contributed by atoms with Crippen LogP contribution in [0.3, 0.4) is 0 Å². The number of ether oxygens (including phenoxy) is 5. The number of rotatable bonds is 10. The molecule has 75 heavy (non-hydrogen) atoms. The van der Waals surface area contributed by atoms with Gasteiger partial charge >= 0.3 is 0 Å². The van der Waals surface area contributed by atoms with Crippen LogP contribution < -0.4 is 14.2 Å². The third-order valence-corrected chi connectivity index (χ3v) is 15.3. The van der Waals surface area contributed by atoms with Crippen molar-refractivity contribution in [2.75, 3.05) is 13.2 Å². The lowest BCUT2D eigenvalue weighted by Gasteiger charge is -2.40. The molecule has 0 amide bonds. The summed E-state index contributed by atoms with van der Waals surface area (Å²) in [5, 5.41) is 177. The van der Waals surface area contributed by atoms with Gasteiger partial charge in [0, 0.05) is 46.4 Å². The minimum absolute atomic E-state index is 0.107. The monoisotopic (exact) mass is 1040 g/mol. The minimum Gasteiger partial charge on any atom is -0.508 e. The van der Waals surface area contributed by atoms with Crippen molar-refractivity contribution in [3.8, 4) is 63.2 Å². The molecule has 6 aromatic rings. The van der Waals surface area contributed by atoms with Crippen LogP contribution in [0.4, 0.5) is 0 Å². The summed E-state index contributed by atoms with van der Waals surface area (Å²) in [4.78, 5) is 0. The number of aliphatic hydroxyl groups excluding tert-OH is 8. The summed E-state index contributed by atoms with van der Waals surface area (Å²) in [5.41, 5.74) is 2.61. The summed E-state index contributed by atoms with van der Waals surface area (Å²) in [6, 6.07) is 23.0. The van der Waals surface area contributed by atoms with Gasteiger partial charge < -0.3 is 105 Å². The van der Waals surface area contributed by atoms with Gasteiger partial charge in [-0.05, 0) is 88.0 Å². The maximum Gasteiger partial charge on any atom is 0.229 e. The molecule has 0 saturated carbocycles. The van der Waals surface area contributed by atoms with E-state index in [4.69, 9.17) is 23.7 Å². The van der Waals surface area contributed by atoms with Crippen LogP contribution >= 0.6 is 0 Å². The molecular weight excluding hydrogens is 985 g/mol. The van der Waals surface area contributed by atoms with Gasteiger partial charge in [-0.2, -0.15) is 0 Å². The van der Waals surface area contributed by atoms with Gasteiger partial charge in [-0.3, -0.25) is 0 Å². The van der Waals surface area contributed by atoms with Crippen molar-refractivity contribution in [2.45, 2.75) is 97.1 Å². The number of phenols is 8. The quantitative estimate of drug-likeness (QED) is 0.0934. The first-order valence-corrected chi connectivity index (χ1v) is 23.9. The highest BCUT2D eigenvalue weighted by Gasteiger charge is 2.60. The van der Waals surface area contributed by atoms with Gasteiger partial charge in [-0.15, -0.1) is 0 Å². The van der Waals surface area contributed by atoms with Gasteiger partial charge in [0.15, 0.2) is 23.0 Å². The lowest BCUT2D eigenvalue weighted by Crippen LogP contribution is -2.60. The Morgan fingerprint density at radius 1 is 0.400 bits per heavy atom. The minimum atomic E-state index is -2.00. The maximum atomic E-state index is 13.2. The molecule has 11 rings (SSSR count). The molecule has 21 heteroatoms. The van der Waals surface area contributed by atoms with E-state index in [0.29, 0.717) is 22.3 Å². The summed E-state index contributed by atoms with van der Waals surface area (Å²) in [7, 11) is 0. The Labute approximate surface area is 425 Å². The van der Waals surface area contributed by atoms with E-state index in [1.54, 1.807) is 36.4 Å². The molecule has 0 spiro atoms. The Bertz CT molecular complexity index is 3110. The number of benzene rings is 6. The van der Waals surface area contributed by atoms with Gasteiger partial charge in [0.1, 0.15) is 83.7 Å². The fourth-order valence-electron chi connectivity index (χ4n) is 11.9. The average Bonchev–Trinajstić information content (AvgIpc) is 4.05. The van der Waals surface area contributed by atoms with Crippen LogP contribution in [0.5, 0.6) is 63.2 Å². The van der Waals surface area contributed by atoms with Crippen molar-refractivity contribution in [3.05, 3.63) is 147 Å². The van der Waals surface area contributed by atoms with Crippen LogP contribution in [-0.2, 0) is 9.47 Å². The Hall–Kier alpha value is -7.28. The highest BCUT2D eigenvalue weighted by atomic mass is 16.7. The molecule has 3 aliphatic heterocycles. The van der Waals surface area contributed by atoms with Gasteiger partial charge in [-0.1, -0.05) is 36.4 Å². The van der Waals surface area contributed by atoms with Crippen molar-refractivity contribution in [3.63, 3.8) is 0 Å². The SMILES string of the molecule is OCC1OC(Oc2c(O)cc3c(c2O)C(c2ccc(O)cc2)C2c4c5c(c(OC6OC(CO)C(O)C(O)C6O)c(O)c4C(c4ccc(O)cc4)C32)OC(c2ccc(O)cc2)C5c2cc(O)cc(O)c2)C(O)C(O)C1O. The van der Waals surface area contributed by atoms with Crippen LogP contribution in [0.15, 0.2) is 97.1 Å². The average molecular weight is 1040 g/mol. The van der Waals surface area contributed by atoms with Gasteiger partial charge in [0.25, 0.3) is 0 Å². The predicted octanol–water partition coefficient (Wildman–Crippen LogP) is 2.11. The van der Waals surface area contributed by atoms with Crippen LogP contribution in [-0.4, -0.2) is 156 Å². The second-order valence-corrected chi connectivity index (χ2v) is 19.5. The molecule has 0 bridgehead atoms. The number of hydrogen-bond acceptors (Lipinski definition) is 21.